The number of aromatic amines is 1. The highest BCUT2D eigenvalue weighted by Crippen LogP contribution is 2.21. The Morgan fingerprint density at radius 3 is 2.74 bits per heavy atom. The number of nitrogens with one attached hydrogen (secondary N) is 1. The molecule has 0 aliphatic carbocycles. The van der Waals surface area contributed by atoms with Gasteiger partial charge < -0.3 is 9.84 Å². The lowest BCUT2D eigenvalue weighted by molar-refractivity contribution is 0.0689. The van der Waals surface area contributed by atoms with Crippen LogP contribution in [0.4, 0.5) is 0 Å². The zero-order chi connectivity index (χ0) is 14.0. The number of nitrogens with zero attached hydrogens (tertiary/aromatic N) is 1. The van der Waals surface area contributed by atoms with Gasteiger partial charge in [0.15, 0.2) is 0 Å². The van der Waals surface area contributed by atoms with Crippen molar-refractivity contribution in [2.45, 2.75) is 6.42 Å². The van der Waals surface area contributed by atoms with E-state index in [-0.39, 0.29) is 5.69 Å². The van der Waals surface area contributed by atoms with E-state index in [0.29, 0.717) is 17.9 Å². The molecule has 0 aliphatic heterocycles. The summed E-state index contributed by atoms with van der Waals surface area (Å²) in [6, 6.07) is 7.29. The Hall–Kier alpha value is -2.50. The second kappa shape index (κ2) is 5.01. The Labute approximate surface area is 109 Å². The summed E-state index contributed by atoms with van der Waals surface area (Å²) < 4.78 is 6.52. The highest BCUT2D eigenvalue weighted by atomic mass is 16.5. The highest BCUT2D eigenvalue weighted by Gasteiger charge is 2.18. The van der Waals surface area contributed by atoms with Gasteiger partial charge >= 0.3 is 11.7 Å². The molecule has 0 unspecified atom stereocenters. The standard InChI is InChI=1S/C13H14N2O4/c1-15-9(11(12(16)17)14-13(15)18)7-8-5-3-4-6-10(8)19-2/h3-6H,7H2,1-2H3,(H,14,18)(H,16,17). The topological polar surface area (TPSA) is 84.3 Å². The van der Waals surface area contributed by atoms with Crippen LogP contribution in [-0.4, -0.2) is 27.7 Å². The third-order valence-corrected chi connectivity index (χ3v) is 2.99. The number of para-hydroxylation sites is 1. The summed E-state index contributed by atoms with van der Waals surface area (Å²) in [5.41, 5.74) is 0.713. The summed E-state index contributed by atoms with van der Waals surface area (Å²) in [5.74, 6) is -0.491. The molecule has 0 bridgehead atoms. The van der Waals surface area contributed by atoms with Crippen LogP contribution in [0, 0.1) is 0 Å². The average molecular weight is 262 g/mol. The van der Waals surface area contributed by atoms with Gasteiger partial charge in [0.25, 0.3) is 0 Å². The lowest BCUT2D eigenvalue weighted by atomic mass is 10.1. The number of carboxylic acid groups (broad SMARTS) is 1. The molecular weight excluding hydrogens is 248 g/mol. The van der Waals surface area contributed by atoms with Crippen molar-refractivity contribution in [2.75, 3.05) is 7.11 Å². The molecule has 1 aromatic heterocycles. The summed E-state index contributed by atoms with van der Waals surface area (Å²) >= 11 is 0. The van der Waals surface area contributed by atoms with Crippen LogP contribution in [0.5, 0.6) is 5.75 Å². The number of carboxylic acids is 1. The second-order valence-corrected chi connectivity index (χ2v) is 4.10. The van der Waals surface area contributed by atoms with Crippen LogP contribution >= 0.6 is 0 Å². The molecule has 0 radical (unpaired) electrons. The smallest absolute Gasteiger partial charge is 0.354 e. The first-order chi connectivity index (χ1) is 9.04. The van der Waals surface area contributed by atoms with Gasteiger partial charge in [0.1, 0.15) is 11.4 Å². The molecule has 0 atom stereocenters. The first-order valence-electron chi connectivity index (χ1n) is 5.67. The lowest BCUT2D eigenvalue weighted by Gasteiger charge is -2.09. The monoisotopic (exact) mass is 262 g/mol. The molecule has 0 saturated carbocycles. The van der Waals surface area contributed by atoms with Crippen molar-refractivity contribution in [3.63, 3.8) is 0 Å². The number of ether oxygens (including phenoxy) is 1. The van der Waals surface area contributed by atoms with E-state index < -0.39 is 11.7 Å². The van der Waals surface area contributed by atoms with Crippen LogP contribution in [0.15, 0.2) is 29.1 Å². The van der Waals surface area contributed by atoms with Crippen molar-refractivity contribution in [1.29, 1.82) is 0 Å². The van der Waals surface area contributed by atoms with E-state index in [1.807, 2.05) is 18.2 Å². The molecule has 6 heteroatoms. The minimum atomic E-state index is -1.15. The minimum absolute atomic E-state index is 0.0848. The van der Waals surface area contributed by atoms with Crippen molar-refractivity contribution in [1.82, 2.24) is 9.55 Å². The van der Waals surface area contributed by atoms with Gasteiger partial charge in [-0.25, -0.2) is 9.59 Å². The van der Waals surface area contributed by atoms with Crippen molar-refractivity contribution in [2.24, 2.45) is 7.05 Å². The molecule has 0 amide bonds. The number of methoxy groups -OCH3 is 1. The fourth-order valence-electron chi connectivity index (χ4n) is 1.97. The SMILES string of the molecule is COc1ccccc1Cc1c(C(=O)O)[nH]c(=O)n1C. The number of hydrogen-bond donors (Lipinski definition) is 2. The molecule has 2 aromatic rings. The Morgan fingerprint density at radius 1 is 1.42 bits per heavy atom. The molecule has 0 fully saturated rings. The van der Waals surface area contributed by atoms with Gasteiger partial charge in [-0.2, -0.15) is 0 Å². The minimum Gasteiger partial charge on any atom is -0.496 e. The first-order valence-corrected chi connectivity index (χ1v) is 5.67. The molecule has 2 rings (SSSR count). The third-order valence-electron chi connectivity index (χ3n) is 2.99. The summed E-state index contributed by atoms with van der Waals surface area (Å²) in [6.45, 7) is 0. The van der Waals surface area contributed by atoms with Crippen molar-refractivity contribution < 1.29 is 14.6 Å². The fraction of sp³-hybridized carbons (Fsp3) is 0.231. The highest BCUT2D eigenvalue weighted by molar-refractivity contribution is 5.86. The van der Waals surface area contributed by atoms with Gasteiger partial charge in [-0.1, -0.05) is 18.2 Å². The number of imidazole rings is 1. The molecule has 0 aliphatic rings. The average Bonchev–Trinajstić information content (AvgIpc) is 2.68. The maximum absolute atomic E-state index is 11.5. The van der Waals surface area contributed by atoms with Gasteiger partial charge in [-0.15, -0.1) is 0 Å². The van der Waals surface area contributed by atoms with Crippen molar-refractivity contribution in [3.8, 4) is 5.75 Å². The number of rotatable bonds is 4. The van der Waals surface area contributed by atoms with Crippen LogP contribution in [0.2, 0.25) is 0 Å². The van der Waals surface area contributed by atoms with Gasteiger partial charge in [0, 0.05) is 19.0 Å². The molecule has 100 valence electrons. The first kappa shape index (κ1) is 12.9. The van der Waals surface area contributed by atoms with E-state index in [1.165, 1.54) is 11.6 Å². The van der Waals surface area contributed by atoms with Gasteiger partial charge in [0.2, 0.25) is 0 Å². The predicted molar refractivity (Wildman–Crippen MR) is 68.8 cm³/mol. The maximum atomic E-state index is 11.5. The number of benzene rings is 1. The molecule has 0 spiro atoms. The van der Waals surface area contributed by atoms with Crippen LogP contribution in [0.3, 0.4) is 0 Å². The Kier molecular flexibility index (Phi) is 3.41. The normalized spacial score (nSPS) is 10.4. The summed E-state index contributed by atoms with van der Waals surface area (Å²) in [7, 11) is 3.09. The number of aromatic carboxylic acids is 1. The summed E-state index contributed by atoms with van der Waals surface area (Å²) in [4.78, 5) is 25.0. The van der Waals surface area contributed by atoms with Gasteiger partial charge in [0.05, 0.1) is 12.8 Å². The van der Waals surface area contributed by atoms with E-state index in [9.17, 15) is 9.59 Å². The molecule has 1 heterocycles. The van der Waals surface area contributed by atoms with E-state index in [2.05, 4.69) is 4.98 Å². The van der Waals surface area contributed by atoms with E-state index in [0.717, 1.165) is 5.56 Å². The lowest BCUT2D eigenvalue weighted by Crippen LogP contribution is -2.14. The molecular formula is C13H14N2O4. The molecule has 0 saturated heterocycles. The summed E-state index contributed by atoms with van der Waals surface area (Å²) in [5, 5.41) is 9.09. The molecule has 1 aromatic carbocycles. The van der Waals surface area contributed by atoms with Gasteiger partial charge in [-0.3, -0.25) is 9.55 Å². The number of aromatic nitrogens is 2. The zero-order valence-corrected chi connectivity index (χ0v) is 10.6. The van der Waals surface area contributed by atoms with E-state index >= 15 is 0 Å². The molecule has 19 heavy (non-hydrogen) atoms. The van der Waals surface area contributed by atoms with E-state index in [1.54, 1.807) is 13.2 Å². The summed E-state index contributed by atoms with van der Waals surface area (Å²) in [6.07, 6.45) is 0.306. The van der Waals surface area contributed by atoms with Crippen LogP contribution in [-0.2, 0) is 13.5 Å². The number of H-pyrrole nitrogens is 1. The third kappa shape index (κ3) is 2.37. The largest absolute Gasteiger partial charge is 0.496 e. The number of hydrogen-bond acceptors (Lipinski definition) is 3. The van der Waals surface area contributed by atoms with Crippen LogP contribution in [0.1, 0.15) is 21.7 Å². The zero-order valence-electron chi connectivity index (χ0n) is 10.6. The van der Waals surface area contributed by atoms with E-state index in [4.69, 9.17) is 9.84 Å². The second-order valence-electron chi connectivity index (χ2n) is 4.10. The number of carbonyl (C=O) groups is 1. The van der Waals surface area contributed by atoms with Gasteiger partial charge in [-0.05, 0) is 6.07 Å². The predicted octanol–water partition coefficient (Wildman–Crippen LogP) is 1.01. The maximum Gasteiger partial charge on any atom is 0.354 e. The van der Waals surface area contributed by atoms with Crippen molar-refractivity contribution >= 4 is 5.97 Å². The van der Waals surface area contributed by atoms with Crippen molar-refractivity contribution in [3.05, 3.63) is 51.7 Å². The Balaban J connectivity index is 2.49. The van der Waals surface area contributed by atoms with Crippen LogP contribution in [0.25, 0.3) is 0 Å². The molecule has 6 nitrogen and oxygen atoms in total. The molecule has 2 N–H and O–H groups in total. The quantitative estimate of drug-likeness (QED) is 0.861. The Morgan fingerprint density at radius 2 is 2.11 bits per heavy atom. The fourth-order valence-corrected chi connectivity index (χ4v) is 1.97. The van der Waals surface area contributed by atoms with Crippen LogP contribution < -0.4 is 10.4 Å². The Bertz CT molecular complexity index is 670.